The van der Waals surface area contributed by atoms with Gasteiger partial charge in [0.15, 0.2) is 5.84 Å². The van der Waals surface area contributed by atoms with Crippen molar-refractivity contribution in [3.8, 4) is 11.5 Å². The monoisotopic (exact) mass is 345 g/mol. The maximum Gasteiger partial charge on any atom is 0.285 e. The average molecular weight is 345 g/mol. The standard InChI is InChI=1S/C16H15N3O4S/c1-22-12-7-8-14(23-2)11(9-12)10-17-18-16-13-5-3-4-6-15(13)24(20,21)19-16/h3-10H,1-2H3,(H,18,19). The number of benzene rings is 2. The van der Waals surface area contributed by atoms with Crippen LogP contribution in [-0.2, 0) is 10.0 Å². The molecule has 1 heterocycles. The summed E-state index contributed by atoms with van der Waals surface area (Å²) in [6.45, 7) is 0. The minimum atomic E-state index is -3.67. The van der Waals surface area contributed by atoms with Crippen LogP contribution in [0.4, 0.5) is 0 Å². The largest absolute Gasteiger partial charge is 0.497 e. The van der Waals surface area contributed by atoms with E-state index >= 15 is 0 Å². The highest BCUT2D eigenvalue weighted by atomic mass is 32.2. The summed E-state index contributed by atoms with van der Waals surface area (Å²) >= 11 is 0. The summed E-state index contributed by atoms with van der Waals surface area (Å²) in [4.78, 5) is 0.168. The predicted octanol–water partition coefficient (Wildman–Crippen LogP) is 1.78. The molecule has 2 aromatic rings. The molecule has 0 amide bonds. The highest BCUT2D eigenvalue weighted by Gasteiger charge is 2.28. The lowest BCUT2D eigenvalue weighted by molar-refractivity contribution is 0.402. The molecule has 0 saturated carbocycles. The topological polar surface area (TPSA) is 89.3 Å². The summed E-state index contributed by atoms with van der Waals surface area (Å²) in [6, 6.07) is 11.9. The summed E-state index contributed by atoms with van der Waals surface area (Å²) < 4.78 is 38.1. The van der Waals surface area contributed by atoms with Crippen LogP contribution < -0.4 is 14.9 Å². The van der Waals surface area contributed by atoms with Gasteiger partial charge in [0.25, 0.3) is 10.0 Å². The van der Waals surface area contributed by atoms with Gasteiger partial charge in [0.2, 0.25) is 0 Å². The van der Waals surface area contributed by atoms with E-state index in [1.54, 1.807) is 50.6 Å². The van der Waals surface area contributed by atoms with E-state index in [2.05, 4.69) is 14.9 Å². The van der Waals surface area contributed by atoms with Gasteiger partial charge < -0.3 is 9.47 Å². The van der Waals surface area contributed by atoms with Crippen LogP contribution in [0.15, 0.2) is 56.9 Å². The van der Waals surface area contributed by atoms with E-state index < -0.39 is 10.0 Å². The van der Waals surface area contributed by atoms with Crippen molar-refractivity contribution in [2.45, 2.75) is 4.90 Å². The number of amidine groups is 1. The zero-order valence-electron chi connectivity index (χ0n) is 13.1. The SMILES string of the molecule is COc1ccc(OC)c(C=NNC2=NS(=O)(=O)c3ccccc32)c1. The van der Waals surface area contributed by atoms with Crippen LogP contribution in [0.25, 0.3) is 0 Å². The summed E-state index contributed by atoms with van der Waals surface area (Å²) in [5, 5.41) is 4.07. The molecular weight excluding hydrogens is 330 g/mol. The fourth-order valence-electron chi connectivity index (χ4n) is 2.29. The van der Waals surface area contributed by atoms with Crippen molar-refractivity contribution in [2.24, 2.45) is 9.50 Å². The third-order valence-electron chi connectivity index (χ3n) is 3.44. The van der Waals surface area contributed by atoms with Gasteiger partial charge in [-0.15, -0.1) is 4.40 Å². The van der Waals surface area contributed by atoms with Gasteiger partial charge in [0.05, 0.1) is 20.4 Å². The number of ether oxygens (including phenoxy) is 2. The van der Waals surface area contributed by atoms with E-state index in [-0.39, 0.29) is 10.7 Å². The molecule has 0 bridgehead atoms. The van der Waals surface area contributed by atoms with Crippen molar-refractivity contribution >= 4 is 22.1 Å². The van der Waals surface area contributed by atoms with Crippen LogP contribution in [0.2, 0.25) is 0 Å². The lowest BCUT2D eigenvalue weighted by Crippen LogP contribution is -2.17. The number of hydrogen-bond acceptors (Lipinski definition) is 6. The van der Waals surface area contributed by atoms with Crippen molar-refractivity contribution in [3.63, 3.8) is 0 Å². The number of nitrogens with one attached hydrogen (secondary N) is 1. The molecular formula is C16H15N3O4S. The Bertz CT molecular complexity index is 936. The summed E-state index contributed by atoms with van der Waals surface area (Å²) in [5.41, 5.74) is 3.85. The third-order valence-corrected chi connectivity index (χ3v) is 4.78. The second kappa shape index (κ2) is 6.32. The molecule has 1 aliphatic heterocycles. The third kappa shape index (κ3) is 2.95. The van der Waals surface area contributed by atoms with Gasteiger partial charge in [-0.2, -0.15) is 13.5 Å². The molecule has 0 atom stereocenters. The van der Waals surface area contributed by atoms with Crippen LogP contribution >= 0.6 is 0 Å². The predicted molar refractivity (Wildman–Crippen MR) is 90.4 cm³/mol. The van der Waals surface area contributed by atoms with Crippen LogP contribution in [0.1, 0.15) is 11.1 Å². The molecule has 0 saturated heterocycles. The molecule has 3 rings (SSSR count). The van der Waals surface area contributed by atoms with E-state index in [1.165, 1.54) is 12.3 Å². The molecule has 1 aliphatic rings. The number of methoxy groups -OCH3 is 2. The summed E-state index contributed by atoms with van der Waals surface area (Å²) in [5.74, 6) is 1.45. The van der Waals surface area contributed by atoms with Gasteiger partial charge in [0, 0.05) is 11.1 Å². The minimum Gasteiger partial charge on any atom is -0.497 e. The van der Waals surface area contributed by atoms with Crippen LogP contribution in [0.3, 0.4) is 0 Å². The van der Waals surface area contributed by atoms with E-state index in [1.807, 2.05) is 0 Å². The minimum absolute atomic E-state index is 0.168. The molecule has 24 heavy (non-hydrogen) atoms. The van der Waals surface area contributed by atoms with Crippen molar-refractivity contribution in [2.75, 3.05) is 14.2 Å². The van der Waals surface area contributed by atoms with E-state index in [0.717, 1.165) is 0 Å². The van der Waals surface area contributed by atoms with Crippen molar-refractivity contribution < 1.29 is 17.9 Å². The van der Waals surface area contributed by atoms with Crippen LogP contribution in [0, 0.1) is 0 Å². The first kappa shape index (κ1) is 16.0. The molecule has 0 unspecified atom stereocenters. The Labute approximate surface area is 139 Å². The zero-order chi connectivity index (χ0) is 17.2. The molecule has 124 valence electrons. The summed E-state index contributed by atoms with van der Waals surface area (Å²) in [6.07, 6.45) is 1.51. The fourth-order valence-corrected chi connectivity index (χ4v) is 3.46. The average Bonchev–Trinajstić information content (AvgIpc) is 2.86. The number of nitrogens with zero attached hydrogens (tertiary/aromatic N) is 2. The fraction of sp³-hybridized carbons (Fsp3) is 0.125. The number of hydrazone groups is 1. The Kier molecular flexibility index (Phi) is 4.22. The molecule has 7 nitrogen and oxygen atoms in total. The Balaban J connectivity index is 1.86. The first-order chi connectivity index (χ1) is 11.5. The highest BCUT2D eigenvalue weighted by molar-refractivity contribution is 7.90. The van der Waals surface area contributed by atoms with Crippen molar-refractivity contribution in [3.05, 3.63) is 53.6 Å². The number of hydrogen-bond donors (Lipinski definition) is 1. The molecule has 0 aliphatic carbocycles. The first-order valence-electron chi connectivity index (χ1n) is 7.00. The molecule has 1 N–H and O–H groups in total. The van der Waals surface area contributed by atoms with E-state index in [4.69, 9.17) is 9.47 Å². The number of rotatable bonds is 4. The quantitative estimate of drug-likeness (QED) is 0.674. The van der Waals surface area contributed by atoms with Gasteiger partial charge in [0.1, 0.15) is 16.4 Å². The van der Waals surface area contributed by atoms with Gasteiger partial charge in [-0.1, -0.05) is 12.1 Å². The van der Waals surface area contributed by atoms with Gasteiger partial charge in [-0.25, -0.2) is 0 Å². The smallest absolute Gasteiger partial charge is 0.285 e. The second-order valence-electron chi connectivity index (χ2n) is 4.89. The van der Waals surface area contributed by atoms with Crippen molar-refractivity contribution in [1.82, 2.24) is 5.43 Å². The molecule has 2 aromatic carbocycles. The maximum absolute atomic E-state index is 12.0. The van der Waals surface area contributed by atoms with Crippen LogP contribution in [-0.4, -0.2) is 34.7 Å². The number of sulfonamides is 1. The van der Waals surface area contributed by atoms with Crippen LogP contribution in [0.5, 0.6) is 11.5 Å². The van der Waals surface area contributed by atoms with Crippen molar-refractivity contribution in [1.29, 1.82) is 0 Å². The number of fused-ring (bicyclic) bond motifs is 1. The highest BCUT2D eigenvalue weighted by Crippen LogP contribution is 2.25. The van der Waals surface area contributed by atoms with Gasteiger partial charge in [-0.05, 0) is 30.3 Å². The second-order valence-corrected chi connectivity index (χ2v) is 6.46. The van der Waals surface area contributed by atoms with Gasteiger partial charge >= 0.3 is 0 Å². The molecule has 8 heteroatoms. The Morgan fingerprint density at radius 2 is 1.92 bits per heavy atom. The molecule has 0 aromatic heterocycles. The Morgan fingerprint density at radius 1 is 1.12 bits per heavy atom. The molecule has 0 fully saturated rings. The maximum atomic E-state index is 12.0. The van der Waals surface area contributed by atoms with Gasteiger partial charge in [-0.3, -0.25) is 5.43 Å². The van der Waals surface area contributed by atoms with E-state index in [0.29, 0.717) is 22.6 Å². The Hall–Kier alpha value is -2.87. The normalized spacial score (nSPS) is 15.0. The Morgan fingerprint density at radius 3 is 2.67 bits per heavy atom. The lowest BCUT2D eigenvalue weighted by atomic mass is 10.2. The van der Waals surface area contributed by atoms with E-state index in [9.17, 15) is 8.42 Å². The first-order valence-corrected chi connectivity index (χ1v) is 8.44. The lowest BCUT2D eigenvalue weighted by Gasteiger charge is -2.07. The molecule has 0 spiro atoms. The summed E-state index contributed by atoms with van der Waals surface area (Å²) in [7, 11) is -0.549. The zero-order valence-corrected chi connectivity index (χ0v) is 13.9. The molecule has 0 radical (unpaired) electrons.